The molecule has 1 aromatic carbocycles. The maximum absolute atomic E-state index is 10.7. The van der Waals surface area contributed by atoms with Gasteiger partial charge in [0.15, 0.2) is 0 Å². The Morgan fingerprint density at radius 1 is 0.500 bits per heavy atom. The Labute approximate surface area is 248 Å². The van der Waals surface area contributed by atoms with Crippen molar-refractivity contribution >= 4 is 17.9 Å². The zero-order valence-corrected chi connectivity index (χ0v) is 26.7. The lowest BCUT2D eigenvalue weighted by Gasteiger charge is -2.16. The van der Waals surface area contributed by atoms with Gasteiger partial charge in [-0.3, -0.25) is 16.0 Å². The molecule has 0 fully saturated rings. The number of carbonyl (C=O) groups is 3. The first-order valence-electron chi connectivity index (χ1n) is 12.8. The maximum atomic E-state index is 10.7. The highest BCUT2D eigenvalue weighted by Gasteiger charge is 2.23. The van der Waals surface area contributed by atoms with Crippen molar-refractivity contribution in [1.29, 1.82) is 0 Å². The zero-order valence-electron chi connectivity index (χ0n) is 26.7. The van der Waals surface area contributed by atoms with E-state index in [4.69, 9.17) is 43.7 Å². The van der Waals surface area contributed by atoms with Crippen molar-refractivity contribution in [1.82, 2.24) is 16.0 Å². The smallest absolute Gasteiger partial charge is 0.337 e. The molecule has 0 aromatic heterocycles. The summed E-state index contributed by atoms with van der Waals surface area (Å²) in [7, 11) is 9.92. The van der Waals surface area contributed by atoms with Crippen LogP contribution >= 0.6 is 0 Å². The van der Waals surface area contributed by atoms with Gasteiger partial charge in [-0.05, 0) is 53.7 Å². The van der Waals surface area contributed by atoms with Crippen LogP contribution in [0.1, 0.15) is 72.6 Å². The molecule has 0 aliphatic rings. The van der Waals surface area contributed by atoms with E-state index in [-0.39, 0.29) is 37.4 Å². The molecule has 6 unspecified atom stereocenters. The Morgan fingerprint density at radius 2 is 0.714 bits per heavy atom. The summed E-state index contributed by atoms with van der Waals surface area (Å²) in [5.41, 5.74) is -1.79. The molecule has 246 valence electrons. The number of carboxylic acids is 3. The van der Waals surface area contributed by atoms with Crippen LogP contribution in [-0.2, 0) is 28.4 Å². The molecule has 15 heteroatoms. The molecule has 0 bridgehead atoms. The van der Waals surface area contributed by atoms with Gasteiger partial charge in [0.05, 0.1) is 16.7 Å². The van der Waals surface area contributed by atoms with Crippen LogP contribution in [0.15, 0.2) is 18.2 Å². The fraction of sp³-hybridized carbons (Fsp3) is 0.667. The van der Waals surface area contributed by atoms with Crippen molar-refractivity contribution in [2.24, 2.45) is 0 Å². The lowest BCUT2D eigenvalue weighted by molar-refractivity contribution is 0.00757. The normalized spacial score (nSPS) is 14.6. The number of ether oxygens (including phenoxy) is 6. The van der Waals surface area contributed by atoms with E-state index in [1.54, 1.807) is 42.7 Å². The number of hydrogen-bond donors (Lipinski definition) is 6. The predicted octanol–water partition coefficient (Wildman–Crippen LogP) is 2.46. The van der Waals surface area contributed by atoms with E-state index < -0.39 is 34.6 Å². The van der Waals surface area contributed by atoms with Crippen LogP contribution in [0.3, 0.4) is 0 Å². The first kappa shape index (κ1) is 43.7. The van der Waals surface area contributed by atoms with Gasteiger partial charge < -0.3 is 43.7 Å². The quantitative estimate of drug-likeness (QED) is 0.158. The van der Waals surface area contributed by atoms with E-state index in [9.17, 15) is 14.4 Å². The molecule has 0 aliphatic carbocycles. The van der Waals surface area contributed by atoms with E-state index in [0.717, 1.165) is 12.1 Å². The van der Waals surface area contributed by atoms with Crippen LogP contribution in [0.5, 0.6) is 0 Å². The van der Waals surface area contributed by atoms with Gasteiger partial charge >= 0.3 is 17.9 Å². The molecule has 6 N–H and O–H groups in total. The minimum atomic E-state index is -1.58. The van der Waals surface area contributed by atoms with E-state index in [1.807, 2.05) is 41.5 Å². The molecule has 0 saturated carbocycles. The number of aromatic carboxylic acids is 3. The van der Waals surface area contributed by atoms with Gasteiger partial charge in [-0.25, -0.2) is 14.4 Å². The Balaban J connectivity index is -0.000000500. The first-order chi connectivity index (χ1) is 19.6. The van der Waals surface area contributed by atoms with Crippen molar-refractivity contribution in [3.63, 3.8) is 0 Å². The molecule has 15 nitrogen and oxygen atoms in total. The molecule has 6 atom stereocenters. The highest BCUT2D eigenvalue weighted by molar-refractivity contribution is 6.09. The highest BCUT2D eigenvalue weighted by Crippen LogP contribution is 2.15. The van der Waals surface area contributed by atoms with Crippen LogP contribution in [0, 0.1) is 0 Å². The topological polar surface area (TPSA) is 203 Å². The predicted molar refractivity (Wildman–Crippen MR) is 156 cm³/mol. The Morgan fingerprint density at radius 3 is 0.857 bits per heavy atom. The van der Waals surface area contributed by atoms with Gasteiger partial charge in [0, 0.05) is 42.7 Å². The average molecular weight is 610 g/mol. The number of carboxylic acid groups (broad SMARTS) is 3. The second kappa shape index (κ2) is 25.9. The number of hydrogen-bond acceptors (Lipinski definition) is 12. The Hall–Kier alpha value is -2.73. The van der Waals surface area contributed by atoms with Crippen LogP contribution in [0.25, 0.3) is 0 Å². The molecule has 0 heterocycles. The van der Waals surface area contributed by atoms with E-state index in [2.05, 4.69) is 16.0 Å². The Bertz CT molecular complexity index is 776. The monoisotopic (exact) mass is 609 g/mol. The van der Waals surface area contributed by atoms with Gasteiger partial charge in [0.25, 0.3) is 0 Å². The van der Waals surface area contributed by atoms with Crippen LogP contribution in [0.4, 0.5) is 0 Å². The standard InChI is InChI=1S/C9H6O6.3C6H15NO2/c10-7(11)4-2-1-3-5(8(12)13)6(4)9(14)15;3*1-5(8-3)7-6(2)9-4/h1-3H,(H,10,11)(H,12,13)(H,14,15);3*5-7H,1-4H3. The molecule has 1 rings (SSSR count). The van der Waals surface area contributed by atoms with Crippen molar-refractivity contribution < 1.29 is 58.1 Å². The second-order valence-corrected chi connectivity index (χ2v) is 8.41. The number of benzene rings is 1. The largest absolute Gasteiger partial charge is 0.478 e. The minimum absolute atomic E-state index is 0.0555. The highest BCUT2D eigenvalue weighted by atomic mass is 16.5. The molecule has 42 heavy (non-hydrogen) atoms. The lowest BCUT2D eigenvalue weighted by atomic mass is 10.0. The molecule has 0 amide bonds. The van der Waals surface area contributed by atoms with Crippen molar-refractivity contribution in [3.05, 3.63) is 34.9 Å². The van der Waals surface area contributed by atoms with Gasteiger partial charge in [-0.15, -0.1) is 0 Å². The third-order valence-electron chi connectivity index (χ3n) is 5.27. The van der Waals surface area contributed by atoms with E-state index in [0.29, 0.717) is 0 Å². The van der Waals surface area contributed by atoms with Crippen LogP contribution < -0.4 is 16.0 Å². The van der Waals surface area contributed by atoms with E-state index in [1.165, 1.54) is 6.07 Å². The number of methoxy groups -OCH3 is 6. The molecular weight excluding hydrogens is 558 g/mol. The summed E-state index contributed by atoms with van der Waals surface area (Å²) in [6.07, 6.45) is 0.333. The van der Waals surface area contributed by atoms with Crippen LogP contribution in [-0.4, -0.2) is 113 Å². The third-order valence-corrected chi connectivity index (χ3v) is 5.27. The maximum Gasteiger partial charge on any atom is 0.337 e. The van der Waals surface area contributed by atoms with Crippen molar-refractivity contribution in [2.75, 3.05) is 42.7 Å². The molecule has 1 aromatic rings. The zero-order chi connectivity index (χ0) is 33.4. The summed E-state index contributed by atoms with van der Waals surface area (Å²) >= 11 is 0. The number of rotatable bonds is 15. The number of nitrogens with one attached hydrogen (secondary N) is 3. The fourth-order valence-corrected chi connectivity index (χ4v) is 2.54. The van der Waals surface area contributed by atoms with Crippen LogP contribution in [0.2, 0.25) is 0 Å². The summed E-state index contributed by atoms with van der Waals surface area (Å²) in [4.78, 5) is 32.0. The first-order valence-corrected chi connectivity index (χ1v) is 12.8. The molecular formula is C27H51N3O12. The average Bonchev–Trinajstić information content (AvgIpc) is 2.96. The van der Waals surface area contributed by atoms with Crippen molar-refractivity contribution in [2.45, 2.75) is 78.9 Å². The molecule has 0 saturated heterocycles. The molecule has 0 radical (unpaired) electrons. The summed E-state index contributed by atoms with van der Waals surface area (Å²) in [6, 6.07) is 3.26. The minimum Gasteiger partial charge on any atom is -0.478 e. The SMILES string of the molecule is COC(C)NC(C)OC.COC(C)NC(C)OC.COC(C)NC(C)OC.O=C(O)c1cccc(C(=O)O)c1C(=O)O. The van der Waals surface area contributed by atoms with Gasteiger partial charge in [-0.2, -0.15) is 0 Å². The summed E-state index contributed by atoms with van der Waals surface area (Å²) in [5.74, 6) is -4.53. The second-order valence-electron chi connectivity index (χ2n) is 8.41. The summed E-state index contributed by atoms with van der Waals surface area (Å²) < 4.78 is 29.6. The summed E-state index contributed by atoms with van der Waals surface area (Å²) in [5, 5.41) is 35.2. The summed E-state index contributed by atoms with van der Waals surface area (Å²) in [6.45, 7) is 11.6. The fourth-order valence-electron chi connectivity index (χ4n) is 2.54. The Kier molecular flexibility index (Phi) is 27.0. The van der Waals surface area contributed by atoms with Gasteiger partial charge in [-0.1, -0.05) is 6.07 Å². The molecule has 0 spiro atoms. The third kappa shape index (κ3) is 21.9. The lowest BCUT2D eigenvalue weighted by Crippen LogP contribution is -2.36. The van der Waals surface area contributed by atoms with E-state index >= 15 is 0 Å². The van der Waals surface area contributed by atoms with Gasteiger partial charge in [0.1, 0.15) is 37.4 Å². The molecule has 0 aliphatic heterocycles. The van der Waals surface area contributed by atoms with Crippen molar-refractivity contribution in [3.8, 4) is 0 Å². The van der Waals surface area contributed by atoms with Gasteiger partial charge in [0.2, 0.25) is 0 Å².